The van der Waals surface area contributed by atoms with Gasteiger partial charge in [0.25, 0.3) is 10.1 Å². The van der Waals surface area contributed by atoms with Gasteiger partial charge in [-0.25, -0.2) is 0 Å². The van der Waals surface area contributed by atoms with E-state index in [1.54, 1.807) is 12.1 Å². The van der Waals surface area contributed by atoms with Crippen LogP contribution in [-0.4, -0.2) is 13.0 Å². The summed E-state index contributed by atoms with van der Waals surface area (Å²) >= 11 is 9.56. The Labute approximate surface area is 107 Å². The minimum atomic E-state index is -4.21. The van der Waals surface area contributed by atoms with Gasteiger partial charge in [-0.3, -0.25) is 4.55 Å². The minimum absolute atomic E-state index is 0.148. The Balaban J connectivity index is 3.47. The summed E-state index contributed by atoms with van der Waals surface area (Å²) < 4.78 is 30.1. The van der Waals surface area contributed by atoms with Gasteiger partial charge in [0.05, 0.1) is 0 Å². The zero-order valence-electron chi connectivity index (χ0n) is 6.62. The molecule has 0 atom stereocenters. The largest absolute Gasteiger partial charge is 0.294 e. The SMILES string of the molecule is O=S(=O)(O)c1ccccc1C(Br)(Br)Br. The summed E-state index contributed by atoms with van der Waals surface area (Å²) in [6.45, 7) is 0. The van der Waals surface area contributed by atoms with Crippen molar-refractivity contribution in [1.29, 1.82) is 0 Å². The normalized spacial score (nSPS) is 12.9. The Bertz CT molecular complexity index is 436. The van der Waals surface area contributed by atoms with E-state index in [1.165, 1.54) is 12.1 Å². The second-order valence-corrected chi connectivity index (χ2v) is 10.6. The van der Waals surface area contributed by atoms with Gasteiger partial charge in [-0.1, -0.05) is 66.0 Å². The van der Waals surface area contributed by atoms with Crippen LogP contribution in [0.15, 0.2) is 29.2 Å². The number of alkyl halides is 3. The molecule has 0 aliphatic rings. The molecule has 0 fully saturated rings. The second kappa shape index (κ2) is 4.21. The third kappa shape index (κ3) is 3.03. The molecule has 1 N–H and O–H groups in total. The van der Waals surface area contributed by atoms with E-state index < -0.39 is 12.3 Å². The number of hydrogen-bond acceptors (Lipinski definition) is 2. The highest BCUT2D eigenvalue weighted by Crippen LogP contribution is 2.46. The summed E-state index contributed by atoms with van der Waals surface area (Å²) in [6.07, 6.45) is 0. The van der Waals surface area contributed by atoms with Gasteiger partial charge in [-0.05, 0) is 6.07 Å². The lowest BCUT2D eigenvalue weighted by Gasteiger charge is -2.15. The molecule has 0 aliphatic heterocycles. The molecule has 1 aromatic rings. The summed E-state index contributed by atoms with van der Waals surface area (Å²) in [7, 11) is -4.21. The van der Waals surface area contributed by atoms with Crippen LogP contribution in [0.4, 0.5) is 0 Å². The Kier molecular flexibility index (Phi) is 3.80. The van der Waals surface area contributed by atoms with E-state index in [0.717, 1.165) is 0 Å². The molecule has 0 bridgehead atoms. The number of benzene rings is 1. The van der Waals surface area contributed by atoms with Crippen LogP contribution in [-0.2, 0) is 12.3 Å². The van der Waals surface area contributed by atoms with Crippen molar-refractivity contribution in [1.82, 2.24) is 0 Å². The zero-order chi connectivity index (χ0) is 11.0. The van der Waals surface area contributed by atoms with Crippen molar-refractivity contribution in [3.05, 3.63) is 29.8 Å². The summed E-state index contributed by atoms with van der Waals surface area (Å²) in [5, 5.41) is 0. The van der Waals surface area contributed by atoms with Gasteiger partial charge in [0.2, 0.25) is 0 Å². The van der Waals surface area contributed by atoms with Crippen molar-refractivity contribution < 1.29 is 13.0 Å². The average molecular weight is 409 g/mol. The molecule has 0 aliphatic carbocycles. The van der Waals surface area contributed by atoms with E-state index >= 15 is 0 Å². The van der Waals surface area contributed by atoms with Crippen molar-refractivity contribution in [3.8, 4) is 0 Å². The fraction of sp³-hybridized carbons (Fsp3) is 0.143. The van der Waals surface area contributed by atoms with Gasteiger partial charge in [-0.15, -0.1) is 0 Å². The standard InChI is InChI=1S/C7H5Br3O3S/c8-7(9,10)5-3-1-2-4-6(5)14(11,12)13/h1-4H,(H,11,12,13). The van der Waals surface area contributed by atoms with E-state index in [1.807, 2.05) is 0 Å². The Morgan fingerprint density at radius 2 is 1.64 bits per heavy atom. The van der Waals surface area contributed by atoms with Gasteiger partial charge < -0.3 is 0 Å². The van der Waals surface area contributed by atoms with E-state index in [4.69, 9.17) is 4.55 Å². The molecular weight excluding hydrogens is 404 g/mol. The van der Waals surface area contributed by atoms with Gasteiger partial charge in [0.15, 0.2) is 2.14 Å². The van der Waals surface area contributed by atoms with E-state index in [2.05, 4.69) is 47.8 Å². The number of hydrogen-bond donors (Lipinski definition) is 1. The molecule has 3 nitrogen and oxygen atoms in total. The second-order valence-electron chi connectivity index (χ2n) is 2.47. The van der Waals surface area contributed by atoms with Gasteiger partial charge in [-0.2, -0.15) is 8.42 Å². The smallest absolute Gasteiger partial charge is 0.282 e. The van der Waals surface area contributed by atoms with Gasteiger partial charge >= 0.3 is 0 Å². The Hall–Kier alpha value is 0.570. The van der Waals surface area contributed by atoms with Crippen LogP contribution in [0, 0.1) is 0 Å². The zero-order valence-corrected chi connectivity index (χ0v) is 12.2. The predicted octanol–water partition coefficient (Wildman–Crippen LogP) is 3.23. The number of rotatable bonds is 1. The molecule has 0 saturated carbocycles. The third-order valence-electron chi connectivity index (χ3n) is 1.47. The maximum absolute atomic E-state index is 11.0. The highest BCUT2D eigenvalue weighted by Gasteiger charge is 2.28. The first-order valence-electron chi connectivity index (χ1n) is 3.36. The monoisotopic (exact) mass is 406 g/mol. The highest BCUT2D eigenvalue weighted by atomic mass is 80.0. The van der Waals surface area contributed by atoms with Crippen LogP contribution in [0.1, 0.15) is 5.56 Å². The molecule has 14 heavy (non-hydrogen) atoms. The highest BCUT2D eigenvalue weighted by molar-refractivity contribution is 9.38. The molecule has 7 heteroatoms. The van der Waals surface area contributed by atoms with Crippen LogP contribution in [0.3, 0.4) is 0 Å². The molecule has 0 spiro atoms. The lowest BCUT2D eigenvalue weighted by molar-refractivity contribution is 0.482. The molecule has 0 radical (unpaired) electrons. The molecule has 0 unspecified atom stereocenters. The maximum atomic E-state index is 11.0. The Morgan fingerprint density at radius 1 is 1.14 bits per heavy atom. The fourth-order valence-electron chi connectivity index (χ4n) is 0.926. The number of halogens is 3. The molecule has 1 aromatic carbocycles. The Morgan fingerprint density at radius 3 is 2.00 bits per heavy atom. The first-order valence-corrected chi connectivity index (χ1v) is 7.18. The first-order chi connectivity index (χ1) is 6.23. The summed E-state index contributed by atoms with van der Waals surface area (Å²) in [4.78, 5) is -0.148. The molecule has 0 heterocycles. The van der Waals surface area contributed by atoms with Crippen LogP contribution < -0.4 is 0 Å². The summed E-state index contributed by atoms with van der Waals surface area (Å²) in [6, 6.07) is 6.10. The molecular formula is C7H5Br3O3S. The average Bonchev–Trinajstić information content (AvgIpc) is 2.01. The van der Waals surface area contributed by atoms with Crippen molar-refractivity contribution >= 4 is 57.9 Å². The fourth-order valence-corrected chi connectivity index (χ4v) is 3.11. The van der Waals surface area contributed by atoms with Crippen molar-refractivity contribution in [3.63, 3.8) is 0 Å². The summed E-state index contributed by atoms with van der Waals surface area (Å²) in [5.41, 5.74) is 0.377. The van der Waals surface area contributed by atoms with Gasteiger partial charge in [0, 0.05) is 5.56 Å². The van der Waals surface area contributed by atoms with E-state index in [9.17, 15) is 8.42 Å². The van der Waals surface area contributed by atoms with Crippen LogP contribution >= 0.6 is 47.8 Å². The van der Waals surface area contributed by atoms with Crippen molar-refractivity contribution in [2.45, 2.75) is 7.04 Å². The van der Waals surface area contributed by atoms with Crippen LogP contribution in [0.5, 0.6) is 0 Å². The quantitative estimate of drug-likeness (QED) is 0.573. The van der Waals surface area contributed by atoms with E-state index in [-0.39, 0.29) is 4.90 Å². The third-order valence-corrected chi connectivity index (χ3v) is 3.66. The van der Waals surface area contributed by atoms with Gasteiger partial charge in [0.1, 0.15) is 4.90 Å². The molecule has 0 amide bonds. The molecule has 0 aromatic heterocycles. The minimum Gasteiger partial charge on any atom is -0.282 e. The van der Waals surface area contributed by atoms with Crippen molar-refractivity contribution in [2.75, 3.05) is 0 Å². The first kappa shape index (κ1) is 12.6. The molecule has 78 valence electrons. The van der Waals surface area contributed by atoms with Crippen molar-refractivity contribution in [2.24, 2.45) is 0 Å². The lowest BCUT2D eigenvalue weighted by Crippen LogP contribution is -2.08. The molecule has 0 saturated heterocycles. The summed E-state index contributed by atoms with van der Waals surface area (Å²) in [5.74, 6) is 0. The van der Waals surface area contributed by atoms with Crippen LogP contribution in [0.25, 0.3) is 0 Å². The maximum Gasteiger partial charge on any atom is 0.294 e. The lowest BCUT2D eigenvalue weighted by atomic mass is 10.2. The van der Waals surface area contributed by atoms with E-state index in [0.29, 0.717) is 5.56 Å². The molecule has 1 rings (SSSR count). The van der Waals surface area contributed by atoms with Crippen LogP contribution in [0.2, 0.25) is 0 Å². The topological polar surface area (TPSA) is 54.4 Å². The predicted molar refractivity (Wildman–Crippen MR) is 64.7 cm³/mol.